The zero-order valence-electron chi connectivity index (χ0n) is 8.15. The van der Waals surface area contributed by atoms with Crippen molar-refractivity contribution < 1.29 is 0 Å². The van der Waals surface area contributed by atoms with E-state index in [9.17, 15) is 0 Å². The Kier molecular flexibility index (Phi) is 4.92. The van der Waals surface area contributed by atoms with E-state index in [0.717, 1.165) is 11.4 Å². The molecule has 0 amide bonds. The summed E-state index contributed by atoms with van der Waals surface area (Å²) in [6.45, 7) is 2.23. The minimum absolute atomic E-state index is 0.730. The van der Waals surface area contributed by atoms with Crippen molar-refractivity contribution in [1.82, 2.24) is 0 Å². The quantitative estimate of drug-likeness (QED) is 0.616. The average molecular weight is 196 g/mol. The van der Waals surface area contributed by atoms with Crippen molar-refractivity contribution in [3.63, 3.8) is 0 Å². The first-order valence-electron chi connectivity index (χ1n) is 4.99. The number of halogens is 1. The summed E-state index contributed by atoms with van der Waals surface area (Å²) in [7, 11) is 0. The van der Waals surface area contributed by atoms with Gasteiger partial charge in [0.15, 0.2) is 0 Å². The van der Waals surface area contributed by atoms with Crippen LogP contribution in [0.25, 0.3) is 0 Å². The second-order valence-electron chi connectivity index (χ2n) is 3.36. The molecule has 1 radical (unpaired) electrons. The molecule has 0 aromatic heterocycles. The van der Waals surface area contributed by atoms with Crippen LogP contribution < -0.4 is 0 Å². The van der Waals surface area contributed by atoms with Gasteiger partial charge in [-0.25, -0.2) is 0 Å². The predicted molar refractivity (Wildman–Crippen MR) is 58.1 cm³/mol. The third kappa shape index (κ3) is 4.33. The highest BCUT2D eigenvalue weighted by atomic mass is 35.5. The van der Waals surface area contributed by atoms with Gasteiger partial charge in [0.1, 0.15) is 0 Å². The van der Waals surface area contributed by atoms with Crippen LogP contribution in [0.1, 0.15) is 38.2 Å². The van der Waals surface area contributed by atoms with E-state index in [-0.39, 0.29) is 0 Å². The van der Waals surface area contributed by atoms with Gasteiger partial charge < -0.3 is 0 Å². The van der Waals surface area contributed by atoms with Crippen LogP contribution in [-0.2, 0) is 6.42 Å². The molecular weight excluding hydrogens is 180 g/mol. The van der Waals surface area contributed by atoms with Crippen LogP contribution in [0.5, 0.6) is 0 Å². The zero-order chi connectivity index (χ0) is 9.52. The van der Waals surface area contributed by atoms with Gasteiger partial charge in [-0.3, -0.25) is 0 Å². The molecule has 1 aromatic rings. The molecule has 71 valence electrons. The molecule has 1 aromatic carbocycles. The maximum atomic E-state index is 5.83. The highest BCUT2D eigenvalue weighted by Crippen LogP contribution is 2.12. The first-order chi connectivity index (χ1) is 6.33. The molecule has 0 aliphatic carbocycles. The van der Waals surface area contributed by atoms with E-state index in [1.807, 2.05) is 12.1 Å². The topological polar surface area (TPSA) is 0 Å². The molecule has 0 aliphatic heterocycles. The van der Waals surface area contributed by atoms with Gasteiger partial charge in [0.05, 0.1) is 0 Å². The fraction of sp³-hybridized carbons (Fsp3) is 0.500. The molecule has 0 fully saturated rings. The van der Waals surface area contributed by atoms with Crippen molar-refractivity contribution in [1.29, 1.82) is 0 Å². The van der Waals surface area contributed by atoms with Crippen LogP contribution in [0.3, 0.4) is 0 Å². The molecule has 13 heavy (non-hydrogen) atoms. The van der Waals surface area contributed by atoms with E-state index >= 15 is 0 Å². The van der Waals surface area contributed by atoms with Crippen LogP contribution >= 0.6 is 11.6 Å². The monoisotopic (exact) mass is 195 g/mol. The fourth-order valence-electron chi connectivity index (χ4n) is 1.39. The van der Waals surface area contributed by atoms with Crippen molar-refractivity contribution in [2.45, 2.75) is 39.0 Å². The maximum absolute atomic E-state index is 5.83. The van der Waals surface area contributed by atoms with Crippen LogP contribution in [0.15, 0.2) is 18.2 Å². The normalized spacial score (nSPS) is 10.3. The molecule has 0 bridgehead atoms. The van der Waals surface area contributed by atoms with Gasteiger partial charge in [0.2, 0.25) is 0 Å². The van der Waals surface area contributed by atoms with Gasteiger partial charge in [-0.05, 0) is 24.5 Å². The van der Waals surface area contributed by atoms with Gasteiger partial charge in [-0.15, -0.1) is 0 Å². The van der Waals surface area contributed by atoms with E-state index in [1.54, 1.807) is 0 Å². The predicted octanol–water partition coefficient (Wildman–Crippen LogP) is 4.26. The summed E-state index contributed by atoms with van der Waals surface area (Å²) in [4.78, 5) is 0. The van der Waals surface area contributed by atoms with Crippen LogP contribution in [0.2, 0.25) is 5.02 Å². The van der Waals surface area contributed by atoms with Crippen molar-refractivity contribution in [2.24, 2.45) is 0 Å². The standard InChI is InChI=1S/C12H16Cl/c1-2-3-4-5-7-11-8-6-9-12(13)10-11/h6,8,10H,2-5,7H2,1H3. The van der Waals surface area contributed by atoms with Crippen LogP contribution in [0.4, 0.5) is 0 Å². The van der Waals surface area contributed by atoms with E-state index < -0.39 is 0 Å². The van der Waals surface area contributed by atoms with Gasteiger partial charge in [-0.2, -0.15) is 0 Å². The Morgan fingerprint density at radius 1 is 1.31 bits per heavy atom. The molecule has 0 aliphatic rings. The lowest BCUT2D eigenvalue weighted by atomic mass is 10.1. The molecular formula is C12H16Cl. The van der Waals surface area contributed by atoms with Crippen LogP contribution in [-0.4, -0.2) is 0 Å². The summed E-state index contributed by atoms with van der Waals surface area (Å²) in [5, 5.41) is 0.730. The summed E-state index contributed by atoms with van der Waals surface area (Å²) in [5.74, 6) is 0. The number of hydrogen-bond donors (Lipinski definition) is 0. The highest BCUT2D eigenvalue weighted by Gasteiger charge is 1.94. The third-order valence-corrected chi connectivity index (χ3v) is 2.37. The second-order valence-corrected chi connectivity index (χ2v) is 3.76. The lowest BCUT2D eigenvalue weighted by Gasteiger charge is -2.00. The van der Waals surface area contributed by atoms with Crippen molar-refractivity contribution in [3.8, 4) is 0 Å². The first kappa shape index (κ1) is 10.6. The average Bonchev–Trinajstić information content (AvgIpc) is 2.13. The maximum Gasteiger partial charge on any atom is 0.0487 e. The van der Waals surface area contributed by atoms with E-state index in [1.165, 1.54) is 31.2 Å². The Bertz CT molecular complexity index is 243. The summed E-state index contributed by atoms with van der Waals surface area (Å²) >= 11 is 5.83. The highest BCUT2D eigenvalue weighted by molar-refractivity contribution is 6.30. The Hall–Kier alpha value is -0.490. The smallest absolute Gasteiger partial charge is 0.0487 e. The molecule has 0 saturated carbocycles. The fourth-order valence-corrected chi connectivity index (χ4v) is 1.60. The minimum Gasteiger partial charge on any atom is -0.0837 e. The Morgan fingerprint density at radius 2 is 2.15 bits per heavy atom. The molecule has 1 heteroatoms. The molecule has 1 rings (SSSR count). The third-order valence-electron chi connectivity index (χ3n) is 2.15. The minimum atomic E-state index is 0.730. The molecule has 0 nitrogen and oxygen atoms in total. The number of aryl methyl sites for hydroxylation is 1. The number of benzene rings is 1. The number of rotatable bonds is 5. The Balaban J connectivity index is 2.28. The SMILES string of the molecule is CCCCCCc1cc[c]c(Cl)c1. The summed E-state index contributed by atoms with van der Waals surface area (Å²) in [6, 6.07) is 8.94. The molecule has 0 heterocycles. The van der Waals surface area contributed by atoms with Crippen molar-refractivity contribution >= 4 is 11.6 Å². The Labute approximate surface area is 85.9 Å². The summed E-state index contributed by atoms with van der Waals surface area (Å²) < 4.78 is 0. The number of hydrogen-bond acceptors (Lipinski definition) is 0. The van der Waals surface area contributed by atoms with Gasteiger partial charge >= 0.3 is 0 Å². The molecule has 0 saturated heterocycles. The lowest BCUT2D eigenvalue weighted by Crippen LogP contribution is -1.85. The van der Waals surface area contributed by atoms with E-state index in [2.05, 4.69) is 19.1 Å². The summed E-state index contributed by atoms with van der Waals surface area (Å²) in [5.41, 5.74) is 1.33. The lowest BCUT2D eigenvalue weighted by molar-refractivity contribution is 0.667. The van der Waals surface area contributed by atoms with E-state index in [4.69, 9.17) is 11.6 Å². The van der Waals surface area contributed by atoms with Gasteiger partial charge in [-0.1, -0.05) is 49.9 Å². The van der Waals surface area contributed by atoms with Gasteiger partial charge in [0.25, 0.3) is 0 Å². The molecule has 0 N–H and O–H groups in total. The van der Waals surface area contributed by atoms with E-state index in [0.29, 0.717) is 0 Å². The molecule has 0 atom stereocenters. The number of unbranched alkanes of at least 4 members (excludes halogenated alkanes) is 3. The van der Waals surface area contributed by atoms with Crippen LogP contribution in [0, 0.1) is 6.07 Å². The molecule has 0 spiro atoms. The van der Waals surface area contributed by atoms with Gasteiger partial charge in [0, 0.05) is 11.1 Å². The zero-order valence-corrected chi connectivity index (χ0v) is 8.90. The first-order valence-corrected chi connectivity index (χ1v) is 5.37. The Morgan fingerprint density at radius 3 is 2.85 bits per heavy atom. The van der Waals surface area contributed by atoms with Crippen molar-refractivity contribution in [3.05, 3.63) is 34.9 Å². The molecule has 0 unspecified atom stereocenters. The second kappa shape index (κ2) is 6.04. The summed E-state index contributed by atoms with van der Waals surface area (Å²) in [6.07, 6.45) is 6.38. The van der Waals surface area contributed by atoms with Crippen molar-refractivity contribution in [2.75, 3.05) is 0 Å². The largest absolute Gasteiger partial charge is 0.0837 e.